The van der Waals surface area contributed by atoms with Crippen molar-refractivity contribution in [3.63, 3.8) is 0 Å². The van der Waals surface area contributed by atoms with Gasteiger partial charge in [-0.05, 0) is 6.07 Å². The van der Waals surface area contributed by atoms with Crippen LogP contribution in [0.1, 0.15) is 6.23 Å². The first kappa shape index (κ1) is 12.3. The molecular formula is C11H12FN3O4. The number of hydrogen-bond donors (Lipinski definition) is 3. The van der Waals surface area contributed by atoms with Crippen LogP contribution in [-0.2, 0) is 4.74 Å². The van der Waals surface area contributed by atoms with Crippen LogP contribution < -0.4 is 5.56 Å². The Kier molecular flexibility index (Phi) is 2.85. The third-order valence-electron chi connectivity index (χ3n) is 3.24. The molecule has 1 fully saturated rings. The van der Waals surface area contributed by atoms with E-state index in [0.717, 1.165) is 0 Å². The largest absolute Gasteiger partial charge is 0.394 e. The summed E-state index contributed by atoms with van der Waals surface area (Å²) in [6.07, 6.45) is -2.47. The van der Waals surface area contributed by atoms with Crippen molar-refractivity contribution in [1.82, 2.24) is 14.5 Å². The number of nitrogens with one attached hydrogen (secondary N) is 1. The number of aromatic nitrogens is 3. The molecule has 2 aromatic rings. The van der Waals surface area contributed by atoms with Gasteiger partial charge in [0.1, 0.15) is 12.2 Å². The van der Waals surface area contributed by atoms with Gasteiger partial charge in [0.15, 0.2) is 17.9 Å². The van der Waals surface area contributed by atoms with Gasteiger partial charge in [-0.1, -0.05) is 0 Å². The normalized spacial score (nSPS) is 31.1. The van der Waals surface area contributed by atoms with E-state index in [1.54, 1.807) is 6.07 Å². The van der Waals surface area contributed by atoms with Crippen LogP contribution in [0, 0.1) is 0 Å². The number of alkyl halides is 1. The van der Waals surface area contributed by atoms with Gasteiger partial charge in [-0.15, -0.1) is 0 Å². The second-order valence-corrected chi connectivity index (χ2v) is 4.38. The van der Waals surface area contributed by atoms with Gasteiger partial charge in [0, 0.05) is 6.20 Å². The molecule has 1 aliphatic rings. The van der Waals surface area contributed by atoms with Gasteiger partial charge in [-0.2, -0.15) is 0 Å². The fraction of sp³-hybridized carbons (Fsp3) is 0.455. The zero-order valence-corrected chi connectivity index (χ0v) is 9.73. The summed E-state index contributed by atoms with van der Waals surface area (Å²) in [6.45, 7) is -0.526. The lowest BCUT2D eigenvalue weighted by molar-refractivity contribution is -0.0493. The third kappa shape index (κ3) is 1.76. The Bertz CT molecular complexity index is 655. The molecule has 7 nitrogen and oxygen atoms in total. The molecule has 102 valence electrons. The molecular weight excluding hydrogens is 257 g/mol. The molecule has 0 spiro atoms. The molecule has 1 aliphatic heterocycles. The van der Waals surface area contributed by atoms with Crippen molar-refractivity contribution in [1.29, 1.82) is 0 Å². The number of halogens is 1. The van der Waals surface area contributed by atoms with Crippen LogP contribution in [0.4, 0.5) is 4.39 Å². The summed E-state index contributed by atoms with van der Waals surface area (Å²) in [5.74, 6) is 0. The Morgan fingerprint density at radius 1 is 1.58 bits per heavy atom. The molecule has 19 heavy (non-hydrogen) atoms. The minimum absolute atomic E-state index is 0.182. The highest BCUT2D eigenvalue weighted by molar-refractivity contribution is 5.73. The Morgan fingerprint density at radius 2 is 2.37 bits per heavy atom. The average molecular weight is 269 g/mol. The Labute approximate surface area is 106 Å². The molecule has 0 saturated carbocycles. The maximum atomic E-state index is 13.7. The molecule has 1 saturated heterocycles. The van der Waals surface area contributed by atoms with Gasteiger partial charge in [0.25, 0.3) is 5.56 Å². The van der Waals surface area contributed by atoms with Crippen LogP contribution in [0.3, 0.4) is 0 Å². The summed E-state index contributed by atoms with van der Waals surface area (Å²) in [5.41, 5.74) is 0.235. The number of nitrogens with zero attached hydrogens (tertiary/aromatic N) is 2. The molecule has 4 atom stereocenters. The smallest absolute Gasteiger partial charge is 0.276 e. The predicted molar refractivity (Wildman–Crippen MR) is 62.3 cm³/mol. The molecule has 3 heterocycles. The summed E-state index contributed by atoms with van der Waals surface area (Å²) in [6, 6.07) is 1.58. The van der Waals surface area contributed by atoms with E-state index in [-0.39, 0.29) is 11.1 Å². The zero-order valence-electron chi connectivity index (χ0n) is 9.73. The quantitative estimate of drug-likeness (QED) is 0.670. The topological polar surface area (TPSA) is 100 Å². The van der Waals surface area contributed by atoms with Crippen LogP contribution in [0.5, 0.6) is 0 Å². The van der Waals surface area contributed by atoms with E-state index >= 15 is 0 Å². The summed E-state index contributed by atoms with van der Waals surface area (Å²) in [7, 11) is 0. The number of aliphatic hydroxyl groups excluding tert-OH is 2. The fourth-order valence-corrected chi connectivity index (χ4v) is 2.26. The van der Waals surface area contributed by atoms with E-state index in [1.807, 2.05) is 0 Å². The first-order valence-corrected chi connectivity index (χ1v) is 5.76. The molecule has 0 aliphatic carbocycles. The Morgan fingerprint density at radius 3 is 3.05 bits per heavy atom. The molecule has 0 radical (unpaired) electrons. The van der Waals surface area contributed by atoms with Gasteiger partial charge < -0.3 is 24.5 Å². The molecule has 1 unspecified atom stereocenters. The number of hydrogen-bond acceptors (Lipinski definition) is 5. The van der Waals surface area contributed by atoms with Crippen LogP contribution in [0.2, 0.25) is 0 Å². The van der Waals surface area contributed by atoms with Gasteiger partial charge in [0.2, 0.25) is 0 Å². The van der Waals surface area contributed by atoms with Crippen molar-refractivity contribution in [3.8, 4) is 0 Å². The second-order valence-electron chi connectivity index (χ2n) is 4.38. The Balaban J connectivity index is 2.06. The van der Waals surface area contributed by atoms with E-state index < -0.39 is 31.2 Å². The third-order valence-corrected chi connectivity index (χ3v) is 3.24. The lowest BCUT2D eigenvalue weighted by Gasteiger charge is -2.16. The Hall–Kier alpha value is -1.77. The number of imidazole rings is 1. The maximum absolute atomic E-state index is 13.7. The zero-order chi connectivity index (χ0) is 13.6. The van der Waals surface area contributed by atoms with Gasteiger partial charge in [0.05, 0.1) is 18.5 Å². The van der Waals surface area contributed by atoms with Gasteiger partial charge >= 0.3 is 0 Å². The fourth-order valence-electron chi connectivity index (χ4n) is 2.26. The van der Waals surface area contributed by atoms with E-state index in [9.17, 15) is 14.3 Å². The van der Waals surface area contributed by atoms with Crippen LogP contribution in [0.15, 0.2) is 23.4 Å². The second kappa shape index (κ2) is 4.41. The summed E-state index contributed by atoms with van der Waals surface area (Å²) in [4.78, 5) is 17.9. The molecule has 3 N–H and O–H groups in total. The number of aromatic amines is 1. The molecule has 0 amide bonds. The molecule has 3 rings (SSSR count). The van der Waals surface area contributed by atoms with E-state index in [1.165, 1.54) is 17.1 Å². The van der Waals surface area contributed by atoms with Gasteiger partial charge in [-0.25, -0.2) is 9.37 Å². The lowest BCUT2D eigenvalue weighted by atomic mass is 10.1. The number of aliphatic hydroxyl groups is 2. The van der Waals surface area contributed by atoms with Gasteiger partial charge in [-0.3, -0.25) is 4.79 Å². The lowest BCUT2D eigenvalue weighted by Crippen LogP contribution is -2.29. The molecule has 0 aromatic carbocycles. The minimum Gasteiger partial charge on any atom is -0.394 e. The summed E-state index contributed by atoms with van der Waals surface area (Å²) in [5, 5.41) is 18.8. The standard InChI is InChI=1S/C11H12FN3O4/c12-7-6(3-16)19-11(9(7)17)15-4-14-8-5(15)1-2-13-10(8)18/h1-2,4,6-7,9,11,16-17H,3H2,(H,13,18)/t6-,7+,9-,11?/m1/s1. The monoisotopic (exact) mass is 269 g/mol. The van der Waals surface area contributed by atoms with Crippen molar-refractivity contribution in [2.45, 2.75) is 24.6 Å². The van der Waals surface area contributed by atoms with Crippen molar-refractivity contribution in [2.24, 2.45) is 0 Å². The van der Waals surface area contributed by atoms with E-state index in [2.05, 4.69) is 9.97 Å². The highest BCUT2D eigenvalue weighted by Crippen LogP contribution is 2.32. The van der Waals surface area contributed by atoms with Crippen molar-refractivity contribution >= 4 is 11.0 Å². The van der Waals surface area contributed by atoms with E-state index in [0.29, 0.717) is 5.52 Å². The first-order chi connectivity index (χ1) is 9.13. The highest BCUT2D eigenvalue weighted by atomic mass is 19.1. The van der Waals surface area contributed by atoms with E-state index in [4.69, 9.17) is 9.84 Å². The maximum Gasteiger partial charge on any atom is 0.276 e. The van der Waals surface area contributed by atoms with Crippen molar-refractivity contribution in [2.75, 3.05) is 6.61 Å². The number of H-pyrrole nitrogens is 1. The molecule has 2 aromatic heterocycles. The number of fused-ring (bicyclic) bond motifs is 1. The van der Waals surface area contributed by atoms with Crippen LogP contribution in [-0.4, -0.2) is 49.7 Å². The molecule has 8 heteroatoms. The highest BCUT2D eigenvalue weighted by Gasteiger charge is 2.45. The minimum atomic E-state index is -1.69. The van der Waals surface area contributed by atoms with Crippen LogP contribution >= 0.6 is 0 Å². The van der Waals surface area contributed by atoms with Crippen molar-refractivity contribution < 1.29 is 19.3 Å². The number of pyridine rings is 1. The number of rotatable bonds is 2. The SMILES string of the molecule is O=c1[nH]ccc2c1ncn2C1O[C@H](CO)[C@H](F)[C@H]1O. The van der Waals surface area contributed by atoms with Crippen LogP contribution in [0.25, 0.3) is 11.0 Å². The first-order valence-electron chi connectivity index (χ1n) is 5.76. The number of ether oxygens (including phenoxy) is 1. The molecule has 0 bridgehead atoms. The van der Waals surface area contributed by atoms with Crippen molar-refractivity contribution in [3.05, 3.63) is 28.9 Å². The summed E-state index contributed by atoms with van der Waals surface area (Å²) >= 11 is 0. The summed E-state index contributed by atoms with van der Waals surface area (Å²) < 4.78 is 20.3. The average Bonchev–Trinajstić information content (AvgIpc) is 2.94. The predicted octanol–water partition coefficient (Wildman–Crippen LogP) is -0.687.